The average molecular weight is 409 g/mol. The van der Waals surface area contributed by atoms with Crippen molar-refractivity contribution in [2.24, 2.45) is 0 Å². The number of furan rings is 1. The molecule has 7 nitrogen and oxygen atoms in total. The molecule has 148 valence electrons. The predicted octanol–water partition coefficient (Wildman–Crippen LogP) is 3.00. The summed E-state index contributed by atoms with van der Waals surface area (Å²) in [5.74, 6) is 0.218. The van der Waals surface area contributed by atoms with Crippen LogP contribution in [0.3, 0.4) is 0 Å². The summed E-state index contributed by atoms with van der Waals surface area (Å²) in [4.78, 5) is 17.6. The zero-order valence-electron chi connectivity index (χ0n) is 15.4. The van der Waals surface area contributed by atoms with Gasteiger partial charge in [-0.3, -0.25) is 4.98 Å². The Kier molecular flexibility index (Phi) is 5.28. The van der Waals surface area contributed by atoms with E-state index in [2.05, 4.69) is 10.3 Å². The first-order chi connectivity index (χ1) is 14.1. The first kappa shape index (κ1) is 19.1. The quantitative estimate of drug-likeness (QED) is 0.535. The highest BCUT2D eigenvalue weighted by Gasteiger charge is 2.41. The molecule has 0 spiro atoms. The molecule has 3 heterocycles. The molecule has 0 aliphatic carbocycles. The van der Waals surface area contributed by atoms with Gasteiger partial charge in [0.2, 0.25) is 0 Å². The second kappa shape index (κ2) is 8.02. The van der Waals surface area contributed by atoms with Crippen LogP contribution in [-0.4, -0.2) is 44.3 Å². The Balaban J connectivity index is 1.72. The minimum Gasteiger partial charge on any atom is -0.478 e. The zero-order chi connectivity index (χ0) is 20.4. The largest absolute Gasteiger partial charge is 0.478 e. The van der Waals surface area contributed by atoms with Crippen molar-refractivity contribution in [1.82, 2.24) is 15.2 Å². The van der Waals surface area contributed by atoms with Gasteiger partial charge in [0.1, 0.15) is 17.6 Å². The van der Waals surface area contributed by atoms with Crippen LogP contribution in [0.2, 0.25) is 0 Å². The molecule has 3 N–H and O–H groups in total. The van der Waals surface area contributed by atoms with Gasteiger partial charge in [-0.2, -0.15) is 0 Å². The normalized spacial score (nSPS) is 18.7. The van der Waals surface area contributed by atoms with E-state index in [1.54, 1.807) is 24.4 Å². The van der Waals surface area contributed by atoms with Crippen LogP contribution in [0, 0.1) is 0 Å². The smallest absolute Gasteiger partial charge is 0.335 e. The summed E-state index contributed by atoms with van der Waals surface area (Å²) in [5.41, 5.74) is 1.68. The number of aliphatic hydroxyl groups is 1. The number of rotatable bonds is 6. The minimum absolute atomic E-state index is 0.0541. The van der Waals surface area contributed by atoms with Gasteiger partial charge >= 0.3 is 5.97 Å². The van der Waals surface area contributed by atoms with E-state index >= 15 is 0 Å². The van der Waals surface area contributed by atoms with E-state index in [4.69, 9.17) is 16.6 Å². The highest BCUT2D eigenvalue weighted by atomic mass is 32.1. The molecule has 29 heavy (non-hydrogen) atoms. The summed E-state index contributed by atoms with van der Waals surface area (Å²) in [7, 11) is 0. The SMILES string of the molecule is O=C(O)c1cccc(-c2ccc([C@H]3[C@@H](c4ccccn4)NC(=S)N3CCO)o2)c1. The minimum atomic E-state index is -0.992. The van der Waals surface area contributed by atoms with Crippen molar-refractivity contribution in [3.8, 4) is 11.3 Å². The van der Waals surface area contributed by atoms with Gasteiger partial charge in [-0.15, -0.1) is 0 Å². The molecular weight excluding hydrogens is 390 g/mol. The summed E-state index contributed by atoms with van der Waals surface area (Å²) in [6, 6.07) is 15.4. The first-order valence-electron chi connectivity index (χ1n) is 9.11. The average Bonchev–Trinajstić information content (AvgIpc) is 3.34. The predicted molar refractivity (Wildman–Crippen MR) is 110 cm³/mol. The summed E-state index contributed by atoms with van der Waals surface area (Å²) in [6.45, 7) is 0.297. The van der Waals surface area contributed by atoms with Crippen LogP contribution in [0.15, 0.2) is 65.2 Å². The zero-order valence-corrected chi connectivity index (χ0v) is 16.2. The number of carboxylic acids is 1. The maximum Gasteiger partial charge on any atom is 0.335 e. The molecule has 1 fully saturated rings. The second-order valence-electron chi connectivity index (χ2n) is 6.63. The fraction of sp³-hybridized carbons (Fsp3) is 0.190. The summed E-state index contributed by atoms with van der Waals surface area (Å²) >= 11 is 5.48. The molecule has 3 aromatic rings. The maximum absolute atomic E-state index is 11.3. The van der Waals surface area contributed by atoms with Crippen LogP contribution < -0.4 is 5.32 Å². The fourth-order valence-electron chi connectivity index (χ4n) is 3.54. The van der Waals surface area contributed by atoms with E-state index in [1.165, 1.54) is 6.07 Å². The van der Waals surface area contributed by atoms with Crippen molar-refractivity contribution < 1.29 is 19.4 Å². The second-order valence-corrected chi connectivity index (χ2v) is 7.02. The number of carboxylic acid groups (broad SMARTS) is 1. The van der Waals surface area contributed by atoms with Crippen LogP contribution >= 0.6 is 12.2 Å². The van der Waals surface area contributed by atoms with Gasteiger partial charge in [-0.1, -0.05) is 18.2 Å². The molecule has 2 atom stereocenters. The highest BCUT2D eigenvalue weighted by Crippen LogP contribution is 2.40. The Morgan fingerprint density at radius 3 is 2.79 bits per heavy atom. The van der Waals surface area contributed by atoms with Gasteiger partial charge in [0, 0.05) is 18.3 Å². The van der Waals surface area contributed by atoms with Crippen LogP contribution in [-0.2, 0) is 0 Å². The Bertz CT molecular complexity index is 1040. The Hall–Kier alpha value is -3.23. The molecule has 0 saturated carbocycles. The summed E-state index contributed by atoms with van der Waals surface area (Å²) < 4.78 is 6.12. The summed E-state index contributed by atoms with van der Waals surface area (Å²) in [5, 5.41) is 22.5. The summed E-state index contributed by atoms with van der Waals surface area (Å²) in [6.07, 6.45) is 1.72. The molecule has 4 rings (SSSR count). The molecule has 0 radical (unpaired) electrons. The molecule has 0 amide bonds. The number of carbonyl (C=O) groups is 1. The van der Waals surface area contributed by atoms with Gasteiger partial charge in [0.25, 0.3) is 0 Å². The number of hydrogen-bond acceptors (Lipinski definition) is 5. The van der Waals surface area contributed by atoms with E-state index in [9.17, 15) is 15.0 Å². The number of benzene rings is 1. The van der Waals surface area contributed by atoms with E-state index in [0.717, 1.165) is 5.69 Å². The van der Waals surface area contributed by atoms with Crippen molar-refractivity contribution in [1.29, 1.82) is 0 Å². The molecule has 1 saturated heterocycles. The third-order valence-electron chi connectivity index (χ3n) is 4.85. The van der Waals surface area contributed by atoms with Crippen molar-refractivity contribution in [3.05, 3.63) is 77.8 Å². The molecular formula is C21H19N3O4S. The fourth-order valence-corrected chi connectivity index (χ4v) is 3.87. The van der Waals surface area contributed by atoms with Gasteiger partial charge in [-0.05, 0) is 48.6 Å². The number of β-amino-alcohol motifs (C(OH)–C–C–N with tert-alkyl or cyclic N) is 1. The molecule has 0 bridgehead atoms. The molecule has 1 aromatic carbocycles. The third kappa shape index (κ3) is 3.72. The van der Waals surface area contributed by atoms with E-state index in [0.29, 0.717) is 28.7 Å². The lowest BCUT2D eigenvalue weighted by Gasteiger charge is -2.25. The van der Waals surface area contributed by atoms with Gasteiger partial charge in [0.15, 0.2) is 5.11 Å². The van der Waals surface area contributed by atoms with Gasteiger partial charge < -0.3 is 24.8 Å². The van der Waals surface area contributed by atoms with E-state index in [1.807, 2.05) is 35.2 Å². The monoisotopic (exact) mass is 409 g/mol. The molecule has 1 aliphatic rings. The molecule has 1 aliphatic heterocycles. The van der Waals surface area contributed by atoms with E-state index in [-0.39, 0.29) is 24.3 Å². The lowest BCUT2D eigenvalue weighted by Crippen LogP contribution is -2.32. The Morgan fingerprint density at radius 2 is 2.07 bits per heavy atom. The van der Waals surface area contributed by atoms with Crippen molar-refractivity contribution in [2.75, 3.05) is 13.2 Å². The topological polar surface area (TPSA) is 98.8 Å². The number of nitrogens with one attached hydrogen (secondary N) is 1. The highest BCUT2D eigenvalue weighted by molar-refractivity contribution is 7.80. The van der Waals surface area contributed by atoms with Crippen LogP contribution in [0.1, 0.15) is 33.9 Å². The number of aromatic nitrogens is 1. The van der Waals surface area contributed by atoms with Crippen LogP contribution in [0.5, 0.6) is 0 Å². The maximum atomic E-state index is 11.3. The van der Waals surface area contributed by atoms with Gasteiger partial charge in [0.05, 0.1) is 23.9 Å². The molecule has 0 unspecified atom stereocenters. The van der Waals surface area contributed by atoms with Crippen molar-refractivity contribution in [3.63, 3.8) is 0 Å². The number of aromatic carboxylic acids is 1. The first-order valence-corrected chi connectivity index (χ1v) is 9.51. The molecule has 8 heteroatoms. The lowest BCUT2D eigenvalue weighted by atomic mass is 10.0. The van der Waals surface area contributed by atoms with Crippen molar-refractivity contribution in [2.45, 2.75) is 12.1 Å². The third-order valence-corrected chi connectivity index (χ3v) is 5.20. The Labute approximate surface area is 172 Å². The number of thiocarbonyl (C=S) groups is 1. The lowest BCUT2D eigenvalue weighted by molar-refractivity contribution is 0.0697. The van der Waals surface area contributed by atoms with Crippen LogP contribution in [0.4, 0.5) is 0 Å². The standard InChI is InChI=1S/C21H19N3O4S/c25-11-10-24-19(18(23-21(24)29)15-6-1-2-9-22-15)17-8-7-16(28-17)13-4-3-5-14(12-13)20(26)27/h1-9,12,18-19,25H,10-11H2,(H,23,29)(H,26,27)/t18-,19+/m1/s1. The van der Waals surface area contributed by atoms with Crippen LogP contribution in [0.25, 0.3) is 11.3 Å². The van der Waals surface area contributed by atoms with E-state index < -0.39 is 5.97 Å². The molecule has 2 aromatic heterocycles. The van der Waals surface area contributed by atoms with Crippen molar-refractivity contribution >= 4 is 23.3 Å². The van der Waals surface area contributed by atoms with Gasteiger partial charge in [-0.25, -0.2) is 4.79 Å². The number of hydrogen-bond donors (Lipinski definition) is 3. The Morgan fingerprint density at radius 1 is 1.21 bits per heavy atom. The number of pyridine rings is 1. The number of nitrogens with zero attached hydrogens (tertiary/aromatic N) is 2. The number of aliphatic hydroxyl groups excluding tert-OH is 1.